The highest BCUT2D eigenvalue weighted by molar-refractivity contribution is 5.59. The highest BCUT2D eigenvalue weighted by atomic mass is 16.6. The van der Waals surface area contributed by atoms with Gasteiger partial charge in [0.1, 0.15) is 5.69 Å². The molecule has 0 aliphatic carbocycles. The Labute approximate surface area is 127 Å². The van der Waals surface area contributed by atoms with Gasteiger partial charge in [-0.2, -0.15) is 5.10 Å². The molecular weight excluding hydrogens is 268 g/mol. The summed E-state index contributed by atoms with van der Waals surface area (Å²) >= 11 is 0. The van der Waals surface area contributed by atoms with Crippen molar-refractivity contribution in [1.29, 1.82) is 0 Å². The zero-order chi connectivity index (χ0) is 16.2. The van der Waals surface area contributed by atoms with Gasteiger partial charge < -0.3 is 5.32 Å². The lowest BCUT2D eigenvalue weighted by molar-refractivity contribution is -0.384. The van der Waals surface area contributed by atoms with Crippen molar-refractivity contribution in [3.63, 3.8) is 0 Å². The molecule has 0 spiro atoms. The summed E-state index contributed by atoms with van der Waals surface area (Å²) in [4.78, 5) is 11.0. The van der Waals surface area contributed by atoms with Crippen LogP contribution in [0, 0.1) is 27.9 Å². The second-order valence-corrected chi connectivity index (χ2v) is 6.31. The fraction of sp³-hybridized carbons (Fsp3) is 0.800. The van der Waals surface area contributed by atoms with E-state index in [9.17, 15) is 10.1 Å². The van der Waals surface area contributed by atoms with E-state index in [1.165, 1.54) is 0 Å². The lowest BCUT2D eigenvalue weighted by atomic mass is 9.85. The van der Waals surface area contributed by atoms with Crippen molar-refractivity contribution in [2.45, 2.75) is 47.5 Å². The fourth-order valence-electron chi connectivity index (χ4n) is 2.82. The smallest absolute Gasteiger partial charge is 0.333 e. The second kappa shape index (κ2) is 7.43. The second-order valence-electron chi connectivity index (χ2n) is 6.31. The molecule has 0 aliphatic heterocycles. The zero-order valence-corrected chi connectivity index (χ0v) is 14.0. The average Bonchev–Trinajstić information content (AvgIpc) is 2.65. The summed E-state index contributed by atoms with van der Waals surface area (Å²) < 4.78 is 1.60. The lowest BCUT2D eigenvalue weighted by Crippen LogP contribution is -2.25. The Balaban J connectivity index is 2.99. The van der Waals surface area contributed by atoms with Crippen LogP contribution < -0.4 is 5.32 Å². The van der Waals surface area contributed by atoms with Crippen molar-refractivity contribution in [2.24, 2.45) is 24.8 Å². The molecule has 0 radical (unpaired) electrons. The van der Waals surface area contributed by atoms with E-state index in [0.717, 1.165) is 13.0 Å². The van der Waals surface area contributed by atoms with E-state index >= 15 is 0 Å². The molecule has 0 aromatic carbocycles. The maximum Gasteiger partial charge on any atom is 0.333 e. The van der Waals surface area contributed by atoms with Gasteiger partial charge in [-0.3, -0.25) is 10.1 Å². The van der Waals surface area contributed by atoms with Gasteiger partial charge in [0.05, 0.1) is 4.92 Å². The van der Waals surface area contributed by atoms with Crippen LogP contribution in [0.15, 0.2) is 0 Å². The molecule has 1 aromatic heterocycles. The van der Waals surface area contributed by atoms with Gasteiger partial charge in [-0.1, -0.05) is 41.0 Å². The van der Waals surface area contributed by atoms with Gasteiger partial charge >= 0.3 is 5.69 Å². The summed E-state index contributed by atoms with van der Waals surface area (Å²) in [7, 11) is 1.76. The Morgan fingerprint density at radius 1 is 1.29 bits per heavy atom. The number of hydrogen-bond donors (Lipinski definition) is 1. The zero-order valence-electron chi connectivity index (χ0n) is 14.0. The molecule has 21 heavy (non-hydrogen) atoms. The van der Waals surface area contributed by atoms with Crippen molar-refractivity contribution < 1.29 is 4.92 Å². The van der Waals surface area contributed by atoms with Crippen LogP contribution in [0.5, 0.6) is 0 Å². The molecule has 0 saturated carbocycles. The molecule has 1 N–H and O–H groups in total. The van der Waals surface area contributed by atoms with Crippen molar-refractivity contribution in [1.82, 2.24) is 9.78 Å². The summed E-state index contributed by atoms with van der Waals surface area (Å²) in [5.41, 5.74) is 0.698. The summed E-state index contributed by atoms with van der Waals surface area (Å²) in [5.74, 6) is 2.05. The van der Waals surface area contributed by atoms with Crippen LogP contribution in [0.1, 0.15) is 46.7 Å². The van der Waals surface area contributed by atoms with Crippen molar-refractivity contribution in [3.05, 3.63) is 15.8 Å². The summed E-state index contributed by atoms with van der Waals surface area (Å²) in [6, 6.07) is 0. The summed E-state index contributed by atoms with van der Waals surface area (Å²) in [5, 5.41) is 18.9. The molecule has 0 fully saturated rings. The van der Waals surface area contributed by atoms with Crippen molar-refractivity contribution in [3.8, 4) is 0 Å². The Hall–Kier alpha value is -1.59. The Kier molecular flexibility index (Phi) is 6.18. The van der Waals surface area contributed by atoms with Crippen LogP contribution in [0.25, 0.3) is 0 Å². The van der Waals surface area contributed by atoms with Gasteiger partial charge in [0.2, 0.25) is 5.82 Å². The van der Waals surface area contributed by atoms with Crippen LogP contribution in [-0.4, -0.2) is 21.2 Å². The molecule has 0 aliphatic rings. The molecule has 120 valence electrons. The minimum absolute atomic E-state index is 0.130. The predicted molar refractivity (Wildman–Crippen MR) is 85.5 cm³/mol. The van der Waals surface area contributed by atoms with Crippen LogP contribution in [-0.2, 0) is 13.5 Å². The van der Waals surface area contributed by atoms with E-state index in [1.54, 1.807) is 11.7 Å². The minimum atomic E-state index is -0.319. The molecule has 0 atom stereocenters. The third-order valence-electron chi connectivity index (χ3n) is 3.98. The molecule has 0 bridgehead atoms. The molecule has 0 amide bonds. The van der Waals surface area contributed by atoms with E-state index in [2.05, 4.69) is 38.1 Å². The highest BCUT2D eigenvalue weighted by Gasteiger charge is 2.27. The lowest BCUT2D eigenvalue weighted by Gasteiger charge is -2.25. The first-order valence-corrected chi connectivity index (χ1v) is 7.73. The van der Waals surface area contributed by atoms with E-state index < -0.39 is 0 Å². The maximum atomic E-state index is 11.4. The molecule has 1 rings (SSSR count). The molecule has 6 heteroatoms. The first kappa shape index (κ1) is 17.5. The van der Waals surface area contributed by atoms with Crippen molar-refractivity contribution in [2.75, 3.05) is 11.9 Å². The minimum Gasteiger partial charge on any atom is -0.364 e. The number of aromatic nitrogens is 2. The Bertz CT molecular complexity index is 472. The monoisotopic (exact) mass is 296 g/mol. The number of nitro groups is 1. The molecule has 0 saturated heterocycles. The Morgan fingerprint density at radius 3 is 2.29 bits per heavy atom. The number of hydrogen-bond acceptors (Lipinski definition) is 4. The van der Waals surface area contributed by atoms with Gasteiger partial charge in [0, 0.05) is 13.6 Å². The van der Waals surface area contributed by atoms with E-state index in [4.69, 9.17) is 0 Å². The predicted octanol–water partition coefficient (Wildman–Crippen LogP) is 3.62. The fourth-order valence-corrected chi connectivity index (χ4v) is 2.82. The third-order valence-corrected chi connectivity index (χ3v) is 3.98. The van der Waals surface area contributed by atoms with E-state index in [-0.39, 0.29) is 10.6 Å². The number of anilines is 1. The van der Waals surface area contributed by atoms with E-state index in [0.29, 0.717) is 35.7 Å². The van der Waals surface area contributed by atoms with Crippen LogP contribution in [0.4, 0.5) is 11.5 Å². The van der Waals surface area contributed by atoms with E-state index in [1.807, 2.05) is 6.92 Å². The SMILES string of the molecule is CCCc1nn(C)c(NCC(C(C)C)C(C)C)c1[N+](=O)[O-]. The van der Waals surface area contributed by atoms with Gasteiger partial charge in [-0.15, -0.1) is 0 Å². The van der Waals surface area contributed by atoms with Crippen LogP contribution in [0.2, 0.25) is 0 Å². The highest BCUT2D eigenvalue weighted by Crippen LogP contribution is 2.30. The first-order valence-electron chi connectivity index (χ1n) is 7.73. The molecule has 6 nitrogen and oxygen atoms in total. The topological polar surface area (TPSA) is 73.0 Å². The maximum absolute atomic E-state index is 11.4. The van der Waals surface area contributed by atoms with Crippen molar-refractivity contribution >= 4 is 11.5 Å². The van der Waals surface area contributed by atoms with Crippen LogP contribution >= 0.6 is 0 Å². The van der Waals surface area contributed by atoms with Gasteiger partial charge in [-0.25, -0.2) is 4.68 Å². The quantitative estimate of drug-likeness (QED) is 0.587. The largest absolute Gasteiger partial charge is 0.364 e. The summed E-state index contributed by atoms with van der Waals surface area (Å²) in [6.07, 6.45) is 1.47. The molecule has 1 aromatic rings. The normalized spacial score (nSPS) is 11.7. The molecule has 1 heterocycles. The summed E-state index contributed by atoms with van der Waals surface area (Å²) in [6.45, 7) is 11.5. The molecular formula is C15H28N4O2. The Morgan fingerprint density at radius 2 is 1.86 bits per heavy atom. The average molecular weight is 296 g/mol. The number of nitrogens with zero attached hydrogens (tertiary/aromatic N) is 3. The standard InChI is InChI=1S/C15H28N4O2/c1-7-8-13-14(19(20)21)15(18(6)17-13)16-9-12(10(2)3)11(4)5/h10-12,16H,7-9H2,1-6H3. The third kappa shape index (κ3) is 4.19. The van der Waals surface area contributed by atoms with Gasteiger partial charge in [0.15, 0.2) is 0 Å². The van der Waals surface area contributed by atoms with Gasteiger partial charge in [0.25, 0.3) is 0 Å². The molecule has 0 unspecified atom stereocenters. The number of nitrogens with one attached hydrogen (secondary N) is 1. The first-order chi connectivity index (χ1) is 9.79. The van der Waals surface area contributed by atoms with Gasteiger partial charge in [-0.05, 0) is 24.2 Å². The number of aryl methyl sites for hydroxylation is 2. The number of rotatable bonds is 8. The van der Waals surface area contributed by atoms with Crippen LogP contribution in [0.3, 0.4) is 0 Å².